The predicted molar refractivity (Wildman–Crippen MR) is 85.2 cm³/mol. The predicted octanol–water partition coefficient (Wildman–Crippen LogP) is 3.14. The van der Waals surface area contributed by atoms with Crippen LogP contribution in [-0.4, -0.2) is 20.7 Å². The Bertz CT molecular complexity index is 809. The van der Waals surface area contributed by atoms with Crippen molar-refractivity contribution in [2.45, 2.75) is 13.8 Å². The van der Waals surface area contributed by atoms with Crippen LogP contribution < -0.4 is 5.32 Å². The number of hydrogen-bond acceptors (Lipinski definition) is 3. The average molecular weight is 292 g/mol. The standard InChI is InChI=1S/C17H16N4O/c1-12-10-13(2)21(20-12)15-7-5-6-14(11-15)17(22)19-16-8-3-4-9-18-16/h3-11H,1-2H3,(H,18,19,22). The lowest BCUT2D eigenvalue weighted by atomic mass is 10.2. The third-order valence-corrected chi connectivity index (χ3v) is 3.27. The molecule has 5 nitrogen and oxygen atoms in total. The maximum Gasteiger partial charge on any atom is 0.256 e. The van der Waals surface area contributed by atoms with E-state index < -0.39 is 0 Å². The van der Waals surface area contributed by atoms with E-state index in [9.17, 15) is 4.79 Å². The number of rotatable bonds is 3. The van der Waals surface area contributed by atoms with Crippen molar-refractivity contribution >= 4 is 11.7 Å². The van der Waals surface area contributed by atoms with Crippen LogP contribution in [0, 0.1) is 13.8 Å². The minimum absolute atomic E-state index is 0.193. The van der Waals surface area contributed by atoms with E-state index in [4.69, 9.17) is 0 Å². The van der Waals surface area contributed by atoms with Crippen molar-refractivity contribution in [2.75, 3.05) is 5.32 Å². The molecular formula is C17H16N4O. The summed E-state index contributed by atoms with van der Waals surface area (Å²) >= 11 is 0. The van der Waals surface area contributed by atoms with E-state index in [1.54, 1.807) is 24.4 Å². The highest BCUT2D eigenvalue weighted by atomic mass is 16.1. The molecule has 0 aliphatic heterocycles. The molecule has 1 aromatic carbocycles. The molecular weight excluding hydrogens is 276 g/mol. The molecule has 0 radical (unpaired) electrons. The number of anilines is 1. The van der Waals surface area contributed by atoms with Gasteiger partial charge in [-0.25, -0.2) is 9.67 Å². The molecule has 3 rings (SSSR count). The number of carbonyl (C=O) groups excluding carboxylic acids is 1. The second-order valence-electron chi connectivity index (χ2n) is 5.06. The van der Waals surface area contributed by atoms with Gasteiger partial charge in [-0.1, -0.05) is 12.1 Å². The third kappa shape index (κ3) is 2.88. The number of nitrogens with zero attached hydrogens (tertiary/aromatic N) is 3. The number of amides is 1. The van der Waals surface area contributed by atoms with E-state index in [0.717, 1.165) is 17.1 Å². The number of aryl methyl sites for hydroxylation is 2. The molecule has 2 aromatic heterocycles. The van der Waals surface area contributed by atoms with Crippen molar-refractivity contribution in [1.82, 2.24) is 14.8 Å². The zero-order valence-corrected chi connectivity index (χ0v) is 12.4. The minimum atomic E-state index is -0.193. The monoisotopic (exact) mass is 292 g/mol. The van der Waals surface area contributed by atoms with Crippen LogP contribution in [0.1, 0.15) is 21.7 Å². The maximum atomic E-state index is 12.3. The number of pyridine rings is 1. The lowest BCUT2D eigenvalue weighted by Gasteiger charge is -2.08. The zero-order chi connectivity index (χ0) is 15.5. The van der Waals surface area contributed by atoms with Crippen molar-refractivity contribution in [3.05, 3.63) is 71.7 Å². The van der Waals surface area contributed by atoms with Crippen molar-refractivity contribution in [3.8, 4) is 5.69 Å². The second kappa shape index (κ2) is 5.81. The van der Waals surface area contributed by atoms with Crippen LogP contribution in [0.2, 0.25) is 0 Å². The van der Waals surface area contributed by atoms with Crippen molar-refractivity contribution in [3.63, 3.8) is 0 Å². The first-order valence-corrected chi connectivity index (χ1v) is 6.99. The summed E-state index contributed by atoms with van der Waals surface area (Å²) in [6, 6.07) is 14.7. The molecule has 0 aliphatic rings. The SMILES string of the molecule is Cc1cc(C)n(-c2cccc(C(=O)Nc3ccccn3)c2)n1. The topological polar surface area (TPSA) is 59.8 Å². The van der Waals surface area contributed by atoms with E-state index in [1.165, 1.54) is 0 Å². The van der Waals surface area contributed by atoms with Gasteiger partial charge in [0.2, 0.25) is 0 Å². The number of aromatic nitrogens is 3. The van der Waals surface area contributed by atoms with Gasteiger partial charge in [-0.3, -0.25) is 4.79 Å². The van der Waals surface area contributed by atoms with Gasteiger partial charge in [-0.15, -0.1) is 0 Å². The fourth-order valence-corrected chi connectivity index (χ4v) is 2.29. The first-order valence-electron chi connectivity index (χ1n) is 6.99. The lowest BCUT2D eigenvalue weighted by molar-refractivity contribution is 0.102. The number of benzene rings is 1. The number of hydrogen-bond donors (Lipinski definition) is 1. The molecule has 5 heteroatoms. The molecule has 0 saturated carbocycles. The van der Waals surface area contributed by atoms with Gasteiger partial charge >= 0.3 is 0 Å². The summed E-state index contributed by atoms with van der Waals surface area (Å²) in [5.74, 6) is 0.339. The molecule has 1 N–H and O–H groups in total. The van der Waals surface area contributed by atoms with Crippen LogP contribution in [0.4, 0.5) is 5.82 Å². The molecule has 0 bridgehead atoms. The van der Waals surface area contributed by atoms with Gasteiger partial charge in [0.1, 0.15) is 5.82 Å². The Kier molecular flexibility index (Phi) is 3.70. The van der Waals surface area contributed by atoms with Gasteiger partial charge in [0.25, 0.3) is 5.91 Å². The van der Waals surface area contributed by atoms with Crippen molar-refractivity contribution < 1.29 is 4.79 Å². The molecule has 2 heterocycles. The first kappa shape index (κ1) is 14.0. The van der Waals surface area contributed by atoms with E-state index in [2.05, 4.69) is 15.4 Å². The maximum absolute atomic E-state index is 12.3. The third-order valence-electron chi connectivity index (χ3n) is 3.27. The highest BCUT2D eigenvalue weighted by molar-refractivity contribution is 6.04. The Balaban J connectivity index is 1.88. The molecule has 1 amide bonds. The number of carbonyl (C=O) groups is 1. The lowest BCUT2D eigenvalue weighted by Crippen LogP contribution is -2.13. The minimum Gasteiger partial charge on any atom is -0.307 e. The quantitative estimate of drug-likeness (QED) is 0.806. The van der Waals surface area contributed by atoms with E-state index in [0.29, 0.717) is 11.4 Å². The van der Waals surface area contributed by atoms with E-state index in [-0.39, 0.29) is 5.91 Å². The van der Waals surface area contributed by atoms with Gasteiger partial charge in [-0.2, -0.15) is 5.10 Å². The highest BCUT2D eigenvalue weighted by Crippen LogP contribution is 2.15. The van der Waals surface area contributed by atoms with Gasteiger partial charge in [0, 0.05) is 17.5 Å². The number of nitrogens with one attached hydrogen (secondary N) is 1. The average Bonchev–Trinajstić information content (AvgIpc) is 2.87. The summed E-state index contributed by atoms with van der Waals surface area (Å²) in [5, 5.41) is 7.21. The van der Waals surface area contributed by atoms with E-state index >= 15 is 0 Å². The van der Waals surface area contributed by atoms with Crippen LogP contribution in [0.5, 0.6) is 0 Å². The Hall–Kier alpha value is -2.95. The first-order chi connectivity index (χ1) is 10.6. The fourth-order valence-electron chi connectivity index (χ4n) is 2.29. The van der Waals surface area contributed by atoms with Crippen molar-refractivity contribution in [1.29, 1.82) is 0 Å². The van der Waals surface area contributed by atoms with Crippen LogP contribution in [0.25, 0.3) is 5.69 Å². The van der Waals surface area contributed by atoms with Gasteiger partial charge in [0.15, 0.2) is 0 Å². The molecule has 110 valence electrons. The largest absolute Gasteiger partial charge is 0.307 e. The summed E-state index contributed by atoms with van der Waals surface area (Å²) in [6.07, 6.45) is 1.64. The smallest absolute Gasteiger partial charge is 0.256 e. The molecule has 0 spiro atoms. The zero-order valence-electron chi connectivity index (χ0n) is 12.4. The summed E-state index contributed by atoms with van der Waals surface area (Å²) in [7, 11) is 0. The molecule has 3 aromatic rings. The van der Waals surface area contributed by atoms with Gasteiger partial charge in [-0.05, 0) is 50.2 Å². The van der Waals surface area contributed by atoms with Crippen LogP contribution >= 0.6 is 0 Å². The summed E-state index contributed by atoms with van der Waals surface area (Å²) in [4.78, 5) is 16.4. The molecule has 0 unspecified atom stereocenters. The Morgan fingerprint density at radius 3 is 2.64 bits per heavy atom. The molecule has 0 saturated heterocycles. The van der Waals surface area contributed by atoms with Gasteiger partial charge < -0.3 is 5.32 Å². The molecule has 22 heavy (non-hydrogen) atoms. The molecule has 0 aliphatic carbocycles. The fraction of sp³-hybridized carbons (Fsp3) is 0.118. The van der Waals surface area contributed by atoms with Crippen molar-refractivity contribution in [2.24, 2.45) is 0 Å². The Labute approximate surface area is 128 Å². The molecule has 0 fully saturated rings. The van der Waals surface area contributed by atoms with Crippen LogP contribution in [-0.2, 0) is 0 Å². The van der Waals surface area contributed by atoms with Crippen LogP contribution in [0.15, 0.2) is 54.7 Å². The Morgan fingerprint density at radius 2 is 1.95 bits per heavy atom. The summed E-state index contributed by atoms with van der Waals surface area (Å²) in [6.45, 7) is 3.93. The van der Waals surface area contributed by atoms with Crippen LogP contribution in [0.3, 0.4) is 0 Å². The summed E-state index contributed by atoms with van der Waals surface area (Å²) in [5.41, 5.74) is 3.40. The summed E-state index contributed by atoms with van der Waals surface area (Å²) < 4.78 is 1.83. The Morgan fingerprint density at radius 1 is 1.09 bits per heavy atom. The second-order valence-corrected chi connectivity index (χ2v) is 5.06. The molecule has 0 atom stereocenters. The normalized spacial score (nSPS) is 10.5. The van der Waals surface area contributed by atoms with E-state index in [1.807, 2.05) is 48.9 Å². The van der Waals surface area contributed by atoms with Gasteiger partial charge in [0.05, 0.1) is 11.4 Å². The highest BCUT2D eigenvalue weighted by Gasteiger charge is 2.09.